The van der Waals surface area contributed by atoms with Crippen molar-refractivity contribution >= 4 is 34.7 Å². The van der Waals surface area contributed by atoms with E-state index < -0.39 is 5.97 Å². The summed E-state index contributed by atoms with van der Waals surface area (Å²) in [5, 5.41) is 8.92. The maximum Gasteiger partial charge on any atom is 0.323 e. The SMILES string of the molecule is CC(SCC(=O)N(CC(=O)O)C(C)C)c1nc2ccccc2[nH]1. The molecule has 0 fully saturated rings. The molecule has 1 aromatic heterocycles. The molecule has 1 atom stereocenters. The van der Waals surface area contributed by atoms with Crippen molar-refractivity contribution in [1.82, 2.24) is 14.9 Å². The lowest BCUT2D eigenvalue weighted by Gasteiger charge is -2.25. The summed E-state index contributed by atoms with van der Waals surface area (Å²) in [5.74, 6) is -0.125. The molecule has 0 bridgehead atoms. The molecule has 0 saturated carbocycles. The van der Waals surface area contributed by atoms with E-state index in [0.29, 0.717) is 0 Å². The molecule has 7 heteroatoms. The number of hydrogen-bond acceptors (Lipinski definition) is 4. The Morgan fingerprint density at radius 1 is 1.30 bits per heavy atom. The number of benzene rings is 1. The highest BCUT2D eigenvalue weighted by atomic mass is 32.2. The van der Waals surface area contributed by atoms with Crippen molar-refractivity contribution in [2.24, 2.45) is 0 Å². The molecule has 0 aliphatic rings. The fourth-order valence-electron chi connectivity index (χ4n) is 2.23. The Balaban J connectivity index is 1.98. The Labute approximate surface area is 139 Å². The molecular formula is C16H21N3O3S. The van der Waals surface area contributed by atoms with Crippen LogP contribution in [0.1, 0.15) is 31.8 Å². The first-order valence-electron chi connectivity index (χ1n) is 7.46. The van der Waals surface area contributed by atoms with Gasteiger partial charge >= 0.3 is 5.97 Å². The summed E-state index contributed by atoms with van der Waals surface area (Å²) < 4.78 is 0. The van der Waals surface area contributed by atoms with Gasteiger partial charge in [-0.3, -0.25) is 9.59 Å². The Kier molecular flexibility index (Phi) is 5.65. The summed E-state index contributed by atoms with van der Waals surface area (Å²) in [6.45, 7) is 5.34. The predicted octanol–water partition coefficient (Wildman–Crippen LogP) is 2.68. The van der Waals surface area contributed by atoms with Crippen LogP contribution in [-0.4, -0.2) is 50.2 Å². The summed E-state index contributed by atoms with van der Waals surface area (Å²) in [7, 11) is 0. The van der Waals surface area contributed by atoms with Gasteiger partial charge in [-0.15, -0.1) is 11.8 Å². The molecule has 1 amide bonds. The number of imidazole rings is 1. The number of nitrogens with zero attached hydrogens (tertiary/aromatic N) is 2. The molecule has 0 aliphatic heterocycles. The van der Waals surface area contributed by atoms with E-state index in [9.17, 15) is 9.59 Å². The van der Waals surface area contributed by atoms with Gasteiger partial charge in [0, 0.05) is 6.04 Å². The summed E-state index contributed by atoms with van der Waals surface area (Å²) in [6, 6.07) is 7.63. The number of nitrogens with one attached hydrogen (secondary N) is 1. The second-order valence-electron chi connectivity index (χ2n) is 5.60. The van der Waals surface area contributed by atoms with Crippen molar-refractivity contribution < 1.29 is 14.7 Å². The zero-order chi connectivity index (χ0) is 17.0. The average Bonchev–Trinajstić information content (AvgIpc) is 2.93. The van der Waals surface area contributed by atoms with Gasteiger partial charge in [-0.1, -0.05) is 12.1 Å². The van der Waals surface area contributed by atoms with Crippen molar-refractivity contribution in [3.05, 3.63) is 30.1 Å². The highest BCUT2D eigenvalue weighted by Crippen LogP contribution is 2.28. The Bertz CT molecular complexity index is 666. The first-order chi connectivity index (χ1) is 10.9. The molecule has 6 nitrogen and oxygen atoms in total. The van der Waals surface area contributed by atoms with Gasteiger partial charge in [0.05, 0.1) is 22.0 Å². The molecule has 2 rings (SSSR count). The predicted molar refractivity (Wildman–Crippen MR) is 91.5 cm³/mol. The van der Waals surface area contributed by atoms with Crippen LogP contribution in [-0.2, 0) is 9.59 Å². The molecule has 0 aliphatic carbocycles. The summed E-state index contributed by atoms with van der Waals surface area (Å²) in [4.78, 5) is 32.3. The Hall–Kier alpha value is -2.02. The van der Waals surface area contributed by atoms with Crippen LogP contribution in [0.25, 0.3) is 11.0 Å². The van der Waals surface area contributed by atoms with Crippen molar-refractivity contribution in [3.8, 4) is 0 Å². The first kappa shape index (κ1) is 17.3. The van der Waals surface area contributed by atoms with Crippen molar-refractivity contribution in [2.45, 2.75) is 32.1 Å². The number of carbonyl (C=O) groups is 2. The van der Waals surface area contributed by atoms with Gasteiger partial charge < -0.3 is 15.0 Å². The van der Waals surface area contributed by atoms with Gasteiger partial charge in [-0.05, 0) is 32.9 Å². The number of fused-ring (bicyclic) bond motifs is 1. The lowest BCUT2D eigenvalue weighted by molar-refractivity contribution is -0.144. The van der Waals surface area contributed by atoms with Gasteiger partial charge in [-0.25, -0.2) is 4.98 Å². The third-order valence-corrected chi connectivity index (χ3v) is 4.64. The molecular weight excluding hydrogens is 314 g/mol. The minimum absolute atomic E-state index is 0.0187. The number of aromatic nitrogens is 2. The van der Waals surface area contributed by atoms with Crippen LogP contribution < -0.4 is 0 Å². The van der Waals surface area contributed by atoms with Gasteiger partial charge in [0.2, 0.25) is 5.91 Å². The molecule has 23 heavy (non-hydrogen) atoms. The summed E-state index contributed by atoms with van der Waals surface area (Å²) >= 11 is 1.45. The van der Waals surface area contributed by atoms with Gasteiger partial charge in [0.25, 0.3) is 0 Å². The van der Waals surface area contributed by atoms with Crippen molar-refractivity contribution in [2.75, 3.05) is 12.3 Å². The van der Waals surface area contributed by atoms with Crippen LogP contribution in [0, 0.1) is 0 Å². The number of thioether (sulfide) groups is 1. The largest absolute Gasteiger partial charge is 0.480 e. The number of para-hydroxylation sites is 2. The molecule has 124 valence electrons. The van der Waals surface area contributed by atoms with Crippen LogP contribution in [0.15, 0.2) is 24.3 Å². The van der Waals surface area contributed by atoms with Crippen LogP contribution in [0.2, 0.25) is 0 Å². The van der Waals surface area contributed by atoms with Gasteiger partial charge in [0.15, 0.2) is 0 Å². The quantitative estimate of drug-likeness (QED) is 0.812. The lowest BCUT2D eigenvalue weighted by atomic mass is 10.3. The molecule has 0 spiro atoms. The number of rotatable bonds is 7. The number of carbonyl (C=O) groups excluding carboxylic acids is 1. The third-order valence-electron chi connectivity index (χ3n) is 3.50. The van der Waals surface area contributed by atoms with Crippen LogP contribution in [0.4, 0.5) is 0 Å². The average molecular weight is 335 g/mol. The maximum absolute atomic E-state index is 12.2. The molecule has 1 unspecified atom stereocenters. The van der Waals surface area contributed by atoms with E-state index >= 15 is 0 Å². The Morgan fingerprint density at radius 2 is 2.00 bits per heavy atom. The van der Waals surface area contributed by atoms with E-state index in [-0.39, 0.29) is 29.5 Å². The molecule has 0 radical (unpaired) electrons. The summed E-state index contributed by atoms with van der Waals surface area (Å²) in [5.41, 5.74) is 1.87. The number of carboxylic acids is 1. The highest BCUT2D eigenvalue weighted by molar-refractivity contribution is 8.00. The maximum atomic E-state index is 12.2. The first-order valence-corrected chi connectivity index (χ1v) is 8.51. The normalized spacial score (nSPS) is 12.5. The molecule has 0 saturated heterocycles. The zero-order valence-corrected chi connectivity index (χ0v) is 14.3. The number of hydrogen-bond donors (Lipinski definition) is 2. The van der Waals surface area contributed by atoms with E-state index in [4.69, 9.17) is 5.11 Å². The van der Waals surface area contributed by atoms with Gasteiger partial charge in [-0.2, -0.15) is 0 Å². The van der Waals surface area contributed by atoms with E-state index in [1.54, 1.807) is 0 Å². The molecule has 2 aromatic rings. The van der Waals surface area contributed by atoms with E-state index in [2.05, 4.69) is 9.97 Å². The minimum atomic E-state index is -0.998. The molecule has 1 heterocycles. The Morgan fingerprint density at radius 3 is 2.61 bits per heavy atom. The third kappa shape index (κ3) is 4.48. The van der Waals surface area contributed by atoms with E-state index in [0.717, 1.165) is 16.9 Å². The monoisotopic (exact) mass is 335 g/mol. The second kappa shape index (κ2) is 7.50. The van der Waals surface area contributed by atoms with E-state index in [1.165, 1.54) is 16.7 Å². The van der Waals surface area contributed by atoms with E-state index in [1.807, 2.05) is 45.0 Å². The smallest absolute Gasteiger partial charge is 0.323 e. The lowest BCUT2D eigenvalue weighted by Crippen LogP contribution is -2.41. The fraction of sp³-hybridized carbons (Fsp3) is 0.438. The molecule has 1 aromatic carbocycles. The minimum Gasteiger partial charge on any atom is -0.480 e. The number of aromatic amines is 1. The van der Waals surface area contributed by atoms with Crippen LogP contribution >= 0.6 is 11.8 Å². The number of carboxylic acid groups (broad SMARTS) is 1. The van der Waals surface area contributed by atoms with Crippen molar-refractivity contribution in [3.63, 3.8) is 0 Å². The van der Waals surface area contributed by atoms with Gasteiger partial charge in [0.1, 0.15) is 12.4 Å². The zero-order valence-electron chi connectivity index (χ0n) is 13.4. The molecule has 2 N–H and O–H groups in total. The topological polar surface area (TPSA) is 86.3 Å². The number of amides is 1. The second-order valence-corrected chi connectivity index (χ2v) is 6.93. The fourth-order valence-corrected chi connectivity index (χ4v) is 3.06. The van der Waals surface area contributed by atoms with Crippen LogP contribution in [0.5, 0.6) is 0 Å². The number of H-pyrrole nitrogens is 1. The number of aliphatic carboxylic acids is 1. The van der Waals surface area contributed by atoms with Crippen molar-refractivity contribution in [1.29, 1.82) is 0 Å². The van der Waals surface area contributed by atoms with Crippen LogP contribution in [0.3, 0.4) is 0 Å². The summed E-state index contributed by atoms with van der Waals surface area (Å²) in [6.07, 6.45) is 0. The standard InChI is InChI=1S/C16H21N3O3S/c1-10(2)19(8-15(21)22)14(20)9-23-11(3)16-17-12-6-4-5-7-13(12)18-16/h4-7,10-11H,8-9H2,1-3H3,(H,17,18)(H,21,22). The highest BCUT2D eigenvalue weighted by Gasteiger charge is 2.21.